The van der Waals surface area contributed by atoms with Gasteiger partial charge in [0.15, 0.2) is 0 Å². The molecule has 1 amide bonds. The van der Waals surface area contributed by atoms with Gasteiger partial charge in [0.25, 0.3) is 0 Å². The summed E-state index contributed by atoms with van der Waals surface area (Å²) < 4.78 is 5.76. The van der Waals surface area contributed by atoms with Gasteiger partial charge < -0.3 is 9.73 Å². The summed E-state index contributed by atoms with van der Waals surface area (Å²) in [6.45, 7) is 0. The van der Waals surface area contributed by atoms with Crippen LogP contribution in [0.25, 0.3) is 22.9 Å². The Morgan fingerprint density at radius 1 is 0.867 bits per heavy atom. The van der Waals surface area contributed by atoms with Crippen LogP contribution in [0.4, 0.5) is 5.69 Å². The van der Waals surface area contributed by atoms with E-state index in [0.29, 0.717) is 29.0 Å². The van der Waals surface area contributed by atoms with Crippen molar-refractivity contribution < 1.29 is 9.21 Å². The predicted molar refractivity (Wildman–Crippen MR) is 121 cm³/mol. The Morgan fingerprint density at radius 2 is 1.50 bits per heavy atom. The smallest absolute Gasteiger partial charge is 0.248 e. The summed E-state index contributed by atoms with van der Waals surface area (Å²) in [5, 5.41) is 11.8. The molecule has 4 aromatic rings. The largest absolute Gasteiger partial charge is 0.416 e. The summed E-state index contributed by atoms with van der Waals surface area (Å²) in [7, 11) is 0. The predicted octanol–water partition coefficient (Wildman–Crippen LogP) is 5.93. The van der Waals surface area contributed by atoms with Gasteiger partial charge in [-0.2, -0.15) is 0 Å². The average molecular weight is 436 g/mol. The van der Waals surface area contributed by atoms with Crippen LogP contribution in [-0.2, 0) is 10.5 Å². The number of aromatic nitrogens is 2. The van der Waals surface area contributed by atoms with Crippen LogP contribution in [0.15, 0.2) is 83.3 Å². The minimum atomic E-state index is -0.0658. The Balaban J connectivity index is 1.32. The number of carbonyl (C=O) groups is 1. The van der Waals surface area contributed by atoms with Crippen molar-refractivity contribution in [3.63, 3.8) is 0 Å². The van der Waals surface area contributed by atoms with Crippen molar-refractivity contribution in [2.45, 2.75) is 5.75 Å². The molecule has 0 aliphatic carbocycles. The fourth-order valence-electron chi connectivity index (χ4n) is 2.80. The Morgan fingerprint density at radius 3 is 2.20 bits per heavy atom. The van der Waals surface area contributed by atoms with E-state index in [0.717, 1.165) is 21.7 Å². The third-order valence-corrected chi connectivity index (χ3v) is 5.66. The lowest BCUT2D eigenvalue weighted by atomic mass is 10.2. The minimum Gasteiger partial charge on any atom is -0.416 e. The highest BCUT2D eigenvalue weighted by Gasteiger charge is 2.11. The van der Waals surface area contributed by atoms with Crippen molar-refractivity contribution in [2.75, 3.05) is 11.1 Å². The Kier molecular flexibility index (Phi) is 6.47. The van der Waals surface area contributed by atoms with Crippen molar-refractivity contribution in [2.24, 2.45) is 0 Å². The summed E-state index contributed by atoms with van der Waals surface area (Å²) in [5.41, 5.74) is 3.39. The van der Waals surface area contributed by atoms with E-state index < -0.39 is 0 Å². The summed E-state index contributed by atoms with van der Waals surface area (Å²) >= 11 is 7.66. The van der Waals surface area contributed by atoms with Crippen LogP contribution in [0.5, 0.6) is 0 Å². The van der Waals surface area contributed by atoms with Gasteiger partial charge in [-0.05, 0) is 48.0 Å². The van der Waals surface area contributed by atoms with Gasteiger partial charge in [-0.3, -0.25) is 4.79 Å². The van der Waals surface area contributed by atoms with Gasteiger partial charge in [-0.1, -0.05) is 48.0 Å². The molecule has 0 saturated heterocycles. The number of carbonyl (C=O) groups excluding carboxylic acids is 1. The van der Waals surface area contributed by atoms with E-state index in [-0.39, 0.29) is 5.91 Å². The van der Waals surface area contributed by atoms with Gasteiger partial charge in [0.1, 0.15) is 0 Å². The Bertz CT molecular complexity index is 1130. The molecule has 0 fully saturated rings. The van der Waals surface area contributed by atoms with Gasteiger partial charge in [0.2, 0.25) is 17.7 Å². The molecule has 1 heterocycles. The molecule has 0 unspecified atom stereocenters. The van der Waals surface area contributed by atoms with Crippen LogP contribution in [0.3, 0.4) is 0 Å². The minimum absolute atomic E-state index is 0.0658. The monoisotopic (exact) mass is 435 g/mol. The molecule has 0 atom stereocenters. The number of hydrogen-bond donors (Lipinski definition) is 1. The molecule has 3 aromatic carbocycles. The van der Waals surface area contributed by atoms with Crippen LogP contribution in [-0.4, -0.2) is 21.9 Å². The zero-order chi connectivity index (χ0) is 20.8. The lowest BCUT2D eigenvalue weighted by Crippen LogP contribution is -2.14. The highest BCUT2D eigenvalue weighted by molar-refractivity contribution is 7.99. The molecule has 0 radical (unpaired) electrons. The number of anilines is 1. The van der Waals surface area contributed by atoms with Gasteiger partial charge in [0, 0.05) is 27.6 Å². The molecule has 0 saturated carbocycles. The number of halogens is 1. The highest BCUT2D eigenvalue weighted by atomic mass is 35.5. The standard InChI is InChI=1S/C23H18ClN3O2S/c24-20-9-5-4-8-18(20)14-30-15-21(28)25-19-12-10-17(11-13-19)23-27-26-22(29-23)16-6-2-1-3-7-16/h1-13H,14-15H2,(H,25,28). The first-order valence-electron chi connectivity index (χ1n) is 9.29. The fourth-order valence-corrected chi connectivity index (χ4v) is 3.91. The lowest BCUT2D eigenvalue weighted by molar-refractivity contribution is -0.113. The second-order valence-corrected chi connectivity index (χ2v) is 7.88. The van der Waals surface area contributed by atoms with Crippen LogP contribution in [0.1, 0.15) is 5.56 Å². The van der Waals surface area contributed by atoms with E-state index in [1.807, 2.05) is 78.9 Å². The van der Waals surface area contributed by atoms with Gasteiger partial charge in [-0.15, -0.1) is 22.0 Å². The molecule has 1 N–H and O–H groups in total. The maximum atomic E-state index is 12.2. The molecule has 0 aliphatic rings. The first-order chi connectivity index (χ1) is 14.7. The number of amides is 1. The van der Waals surface area contributed by atoms with Crippen molar-refractivity contribution >= 4 is 35.0 Å². The van der Waals surface area contributed by atoms with Crippen molar-refractivity contribution in [1.82, 2.24) is 10.2 Å². The quantitative estimate of drug-likeness (QED) is 0.389. The second-order valence-electron chi connectivity index (χ2n) is 6.49. The summed E-state index contributed by atoms with van der Waals surface area (Å²) in [6, 6.07) is 24.6. The van der Waals surface area contributed by atoms with E-state index in [9.17, 15) is 4.79 Å². The maximum Gasteiger partial charge on any atom is 0.248 e. The molecule has 4 rings (SSSR count). The van der Waals surface area contributed by atoms with E-state index in [2.05, 4.69) is 15.5 Å². The molecule has 0 spiro atoms. The van der Waals surface area contributed by atoms with E-state index in [4.69, 9.17) is 16.0 Å². The SMILES string of the molecule is O=C(CSCc1ccccc1Cl)Nc1ccc(-c2nnc(-c3ccccc3)o2)cc1. The second kappa shape index (κ2) is 9.61. The molecule has 0 aliphatic heterocycles. The highest BCUT2D eigenvalue weighted by Crippen LogP contribution is 2.25. The Labute approximate surface area is 183 Å². The molecular weight excluding hydrogens is 418 g/mol. The number of rotatable bonds is 7. The average Bonchev–Trinajstić information content (AvgIpc) is 3.27. The Hall–Kier alpha value is -3.09. The van der Waals surface area contributed by atoms with Crippen molar-refractivity contribution in [1.29, 1.82) is 0 Å². The first kappa shape index (κ1) is 20.2. The fraction of sp³-hybridized carbons (Fsp3) is 0.0870. The molecule has 7 heteroatoms. The summed E-state index contributed by atoms with van der Waals surface area (Å²) in [4.78, 5) is 12.2. The first-order valence-corrected chi connectivity index (χ1v) is 10.8. The van der Waals surface area contributed by atoms with Gasteiger partial charge >= 0.3 is 0 Å². The maximum absolute atomic E-state index is 12.2. The van der Waals surface area contributed by atoms with Crippen LogP contribution in [0, 0.1) is 0 Å². The van der Waals surface area contributed by atoms with E-state index >= 15 is 0 Å². The molecule has 30 heavy (non-hydrogen) atoms. The summed E-state index contributed by atoms with van der Waals surface area (Å²) in [5.74, 6) is 1.87. The lowest BCUT2D eigenvalue weighted by Gasteiger charge is -2.06. The van der Waals surface area contributed by atoms with E-state index in [1.54, 1.807) is 0 Å². The van der Waals surface area contributed by atoms with Crippen LogP contribution >= 0.6 is 23.4 Å². The summed E-state index contributed by atoms with van der Waals surface area (Å²) in [6.07, 6.45) is 0. The van der Waals surface area contributed by atoms with Crippen molar-refractivity contribution in [3.05, 3.63) is 89.4 Å². The number of hydrogen-bond acceptors (Lipinski definition) is 5. The number of thioether (sulfide) groups is 1. The molecule has 150 valence electrons. The molecule has 0 bridgehead atoms. The molecule has 5 nitrogen and oxygen atoms in total. The van der Waals surface area contributed by atoms with Crippen molar-refractivity contribution in [3.8, 4) is 22.9 Å². The normalized spacial score (nSPS) is 10.7. The zero-order valence-electron chi connectivity index (χ0n) is 15.9. The topological polar surface area (TPSA) is 68.0 Å². The third kappa shape index (κ3) is 5.09. The van der Waals surface area contributed by atoms with Crippen LogP contribution < -0.4 is 5.32 Å². The van der Waals surface area contributed by atoms with E-state index in [1.165, 1.54) is 11.8 Å². The number of benzene rings is 3. The number of nitrogens with zero attached hydrogens (tertiary/aromatic N) is 2. The third-order valence-electron chi connectivity index (χ3n) is 4.31. The number of nitrogens with one attached hydrogen (secondary N) is 1. The molecular formula is C23H18ClN3O2S. The van der Waals surface area contributed by atoms with Gasteiger partial charge in [0.05, 0.1) is 5.75 Å². The van der Waals surface area contributed by atoms with Gasteiger partial charge in [-0.25, -0.2) is 0 Å². The molecule has 1 aromatic heterocycles. The zero-order valence-corrected chi connectivity index (χ0v) is 17.5. The van der Waals surface area contributed by atoms with Crippen LogP contribution in [0.2, 0.25) is 5.02 Å².